The lowest BCUT2D eigenvalue weighted by molar-refractivity contribution is 0.393. The van der Waals surface area contributed by atoms with E-state index in [0.717, 1.165) is 16.6 Å². The van der Waals surface area contributed by atoms with E-state index in [1.807, 2.05) is 30.3 Å². The fourth-order valence-electron chi connectivity index (χ4n) is 3.18. The van der Waals surface area contributed by atoms with Crippen molar-refractivity contribution in [3.63, 3.8) is 0 Å². The zero-order chi connectivity index (χ0) is 21.8. The molecular formula is C23H17ClFN5O. The first-order valence-corrected chi connectivity index (χ1v) is 9.73. The molecule has 0 spiro atoms. The van der Waals surface area contributed by atoms with Crippen molar-refractivity contribution in [2.75, 3.05) is 17.7 Å². The number of nitrogens with one attached hydrogen (secondary N) is 2. The zero-order valence-corrected chi connectivity index (χ0v) is 17.2. The van der Waals surface area contributed by atoms with E-state index >= 15 is 0 Å². The normalized spacial score (nSPS) is 10.5. The van der Waals surface area contributed by atoms with E-state index in [0.29, 0.717) is 34.9 Å². The Hall–Kier alpha value is -3.89. The predicted molar refractivity (Wildman–Crippen MR) is 119 cm³/mol. The quantitative estimate of drug-likeness (QED) is 0.408. The van der Waals surface area contributed by atoms with Gasteiger partial charge in [-0.1, -0.05) is 17.7 Å². The summed E-state index contributed by atoms with van der Waals surface area (Å²) in [6, 6.07) is 15.9. The van der Waals surface area contributed by atoms with Crippen LogP contribution >= 0.6 is 11.6 Å². The smallest absolute Gasteiger partial charge is 0.218 e. The third kappa shape index (κ3) is 4.34. The number of anilines is 3. The van der Waals surface area contributed by atoms with Crippen LogP contribution in [-0.2, 0) is 6.54 Å². The Balaban J connectivity index is 1.69. The van der Waals surface area contributed by atoms with Crippen molar-refractivity contribution in [2.45, 2.75) is 6.54 Å². The van der Waals surface area contributed by atoms with Gasteiger partial charge in [-0.2, -0.15) is 5.26 Å². The Labute approximate surface area is 183 Å². The maximum absolute atomic E-state index is 13.5. The van der Waals surface area contributed by atoms with E-state index in [9.17, 15) is 9.65 Å². The number of nitrogens with zero attached hydrogens (tertiary/aromatic N) is 3. The monoisotopic (exact) mass is 433 g/mol. The SMILES string of the molecule is COc1ncccc1CNc1ccc2ncc(C#N)c(Nc3ccc(F)c(Cl)c3)c2c1. The largest absolute Gasteiger partial charge is 0.481 e. The summed E-state index contributed by atoms with van der Waals surface area (Å²) >= 11 is 5.90. The number of hydrogen-bond donors (Lipinski definition) is 2. The van der Waals surface area contributed by atoms with Gasteiger partial charge >= 0.3 is 0 Å². The van der Waals surface area contributed by atoms with Crippen LogP contribution in [0.3, 0.4) is 0 Å². The first-order chi connectivity index (χ1) is 15.1. The number of benzene rings is 2. The van der Waals surface area contributed by atoms with E-state index in [4.69, 9.17) is 16.3 Å². The lowest BCUT2D eigenvalue weighted by Gasteiger charge is -2.14. The van der Waals surface area contributed by atoms with Crippen molar-refractivity contribution in [3.8, 4) is 11.9 Å². The number of halogens is 2. The van der Waals surface area contributed by atoms with Crippen molar-refractivity contribution < 1.29 is 9.13 Å². The fraction of sp³-hybridized carbons (Fsp3) is 0.0870. The number of nitriles is 1. The maximum atomic E-state index is 13.5. The molecular weight excluding hydrogens is 417 g/mol. The number of rotatable bonds is 6. The van der Waals surface area contributed by atoms with Gasteiger partial charge in [0.1, 0.15) is 11.9 Å². The van der Waals surface area contributed by atoms with Gasteiger partial charge in [0.15, 0.2) is 0 Å². The standard InChI is InChI=1S/C23H17ClFN5O/c1-31-23-14(3-2-8-27-23)12-28-16-5-7-21-18(9-16)22(15(11-26)13-29-21)30-17-4-6-20(25)19(24)10-17/h2-10,13,28H,12H2,1H3,(H,29,30). The molecule has 0 aliphatic rings. The zero-order valence-electron chi connectivity index (χ0n) is 16.5. The van der Waals surface area contributed by atoms with Crippen LogP contribution in [0, 0.1) is 17.1 Å². The van der Waals surface area contributed by atoms with Crippen molar-refractivity contribution in [1.29, 1.82) is 5.26 Å². The highest BCUT2D eigenvalue weighted by Gasteiger charge is 2.12. The average Bonchev–Trinajstić information content (AvgIpc) is 2.80. The molecule has 31 heavy (non-hydrogen) atoms. The first kappa shape index (κ1) is 20.4. The number of hydrogen-bond acceptors (Lipinski definition) is 6. The average molecular weight is 434 g/mol. The molecule has 0 saturated carbocycles. The summed E-state index contributed by atoms with van der Waals surface area (Å²) in [5.74, 6) is 0.0457. The Morgan fingerprint density at radius 1 is 1.13 bits per heavy atom. The number of pyridine rings is 2. The summed E-state index contributed by atoms with van der Waals surface area (Å²) in [6.07, 6.45) is 3.18. The molecule has 6 nitrogen and oxygen atoms in total. The van der Waals surface area contributed by atoms with Gasteiger partial charge in [-0.25, -0.2) is 9.37 Å². The second kappa shape index (κ2) is 8.86. The number of ether oxygens (including phenoxy) is 1. The lowest BCUT2D eigenvalue weighted by Crippen LogP contribution is -2.03. The minimum absolute atomic E-state index is 0.00496. The number of aromatic nitrogens is 2. The Kier molecular flexibility index (Phi) is 5.83. The molecule has 4 rings (SSSR count). The van der Waals surface area contributed by atoms with E-state index in [2.05, 4.69) is 26.7 Å². The molecule has 0 radical (unpaired) electrons. The molecule has 0 atom stereocenters. The van der Waals surface area contributed by atoms with Gasteiger partial charge in [-0.05, 0) is 42.5 Å². The maximum Gasteiger partial charge on any atom is 0.218 e. The van der Waals surface area contributed by atoms with Crippen LogP contribution in [0.1, 0.15) is 11.1 Å². The summed E-state index contributed by atoms with van der Waals surface area (Å²) in [7, 11) is 1.58. The van der Waals surface area contributed by atoms with Crippen molar-refractivity contribution >= 4 is 39.6 Å². The van der Waals surface area contributed by atoms with Crippen LogP contribution in [0.2, 0.25) is 5.02 Å². The fourth-order valence-corrected chi connectivity index (χ4v) is 3.36. The Bertz CT molecular complexity index is 1310. The Morgan fingerprint density at radius 2 is 1.97 bits per heavy atom. The number of methoxy groups -OCH3 is 1. The molecule has 2 aromatic carbocycles. The number of fused-ring (bicyclic) bond motifs is 1. The van der Waals surface area contributed by atoms with E-state index in [1.54, 1.807) is 19.4 Å². The molecule has 2 heterocycles. The summed E-state index contributed by atoms with van der Waals surface area (Å²) in [4.78, 5) is 8.57. The van der Waals surface area contributed by atoms with Crippen molar-refractivity contribution in [2.24, 2.45) is 0 Å². The highest BCUT2D eigenvalue weighted by atomic mass is 35.5. The molecule has 2 aromatic heterocycles. The molecule has 4 aromatic rings. The summed E-state index contributed by atoms with van der Waals surface area (Å²) in [6.45, 7) is 0.504. The van der Waals surface area contributed by atoms with Crippen molar-refractivity contribution in [3.05, 3.63) is 82.9 Å². The van der Waals surface area contributed by atoms with Crippen LogP contribution in [-0.4, -0.2) is 17.1 Å². The molecule has 0 saturated heterocycles. The highest BCUT2D eigenvalue weighted by Crippen LogP contribution is 2.32. The topological polar surface area (TPSA) is 82.9 Å². The van der Waals surface area contributed by atoms with Crippen LogP contribution in [0.15, 0.2) is 60.9 Å². The minimum Gasteiger partial charge on any atom is -0.481 e. The molecule has 0 bridgehead atoms. The summed E-state index contributed by atoms with van der Waals surface area (Å²) < 4.78 is 18.8. The minimum atomic E-state index is -0.510. The van der Waals surface area contributed by atoms with Crippen LogP contribution in [0.25, 0.3) is 10.9 Å². The molecule has 154 valence electrons. The third-order valence-electron chi connectivity index (χ3n) is 4.70. The lowest BCUT2D eigenvalue weighted by atomic mass is 10.1. The van der Waals surface area contributed by atoms with Gasteiger partial charge in [0, 0.05) is 41.3 Å². The second-order valence-electron chi connectivity index (χ2n) is 6.67. The van der Waals surface area contributed by atoms with Gasteiger partial charge < -0.3 is 15.4 Å². The van der Waals surface area contributed by atoms with Gasteiger partial charge in [0.25, 0.3) is 0 Å². The summed E-state index contributed by atoms with van der Waals surface area (Å²) in [5, 5.41) is 16.8. The summed E-state index contributed by atoms with van der Waals surface area (Å²) in [5.41, 5.74) is 3.94. The van der Waals surface area contributed by atoms with E-state index < -0.39 is 5.82 Å². The van der Waals surface area contributed by atoms with Gasteiger partial charge in [-0.15, -0.1) is 0 Å². The highest BCUT2D eigenvalue weighted by molar-refractivity contribution is 6.31. The van der Waals surface area contributed by atoms with Gasteiger partial charge in [0.05, 0.1) is 28.9 Å². The molecule has 0 unspecified atom stereocenters. The Morgan fingerprint density at radius 3 is 2.74 bits per heavy atom. The van der Waals surface area contributed by atoms with Crippen molar-refractivity contribution in [1.82, 2.24) is 9.97 Å². The molecule has 0 amide bonds. The molecule has 0 aliphatic carbocycles. The third-order valence-corrected chi connectivity index (χ3v) is 4.99. The molecule has 2 N–H and O–H groups in total. The van der Waals surface area contributed by atoms with Crippen LogP contribution < -0.4 is 15.4 Å². The van der Waals surface area contributed by atoms with Crippen LogP contribution in [0.5, 0.6) is 5.88 Å². The first-order valence-electron chi connectivity index (χ1n) is 9.35. The van der Waals surface area contributed by atoms with E-state index in [1.165, 1.54) is 18.3 Å². The van der Waals surface area contributed by atoms with E-state index in [-0.39, 0.29) is 5.02 Å². The van der Waals surface area contributed by atoms with Gasteiger partial charge in [0.2, 0.25) is 5.88 Å². The molecule has 8 heteroatoms. The molecule has 0 aliphatic heterocycles. The molecule has 0 fully saturated rings. The van der Waals surface area contributed by atoms with Crippen LogP contribution in [0.4, 0.5) is 21.5 Å². The van der Waals surface area contributed by atoms with Gasteiger partial charge in [-0.3, -0.25) is 4.98 Å². The second-order valence-corrected chi connectivity index (χ2v) is 7.08. The predicted octanol–water partition coefficient (Wildman–Crippen LogP) is 5.66.